The molecule has 0 aromatic carbocycles. The molecule has 1 fully saturated rings. The number of carbonyl (C=O) groups excluding carboxylic acids is 2. The lowest BCUT2D eigenvalue weighted by atomic mass is 9.95. The number of nitrogens with one attached hydrogen (secondary N) is 2. The summed E-state index contributed by atoms with van der Waals surface area (Å²) in [4.78, 5) is 24.0. The van der Waals surface area contributed by atoms with Gasteiger partial charge in [0.05, 0.1) is 17.4 Å². The number of hydrogen-bond donors (Lipinski definition) is 3. The first kappa shape index (κ1) is 17.5. The van der Waals surface area contributed by atoms with Gasteiger partial charge in [-0.05, 0) is 38.7 Å². The third-order valence-electron chi connectivity index (χ3n) is 3.84. The molecule has 2 atom stereocenters. The number of amides is 2. The molecule has 0 saturated heterocycles. The number of halogens is 1. The summed E-state index contributed by atoms with van der Waals surface area (Å²) < 4.78 is 4.84. The molecule has 0 radical (unpaired) electrons. The molecule has 0 aliphatic heterocycles. The Hall–Kier alpha value is -1.53. The second kappa shape index (κ2) is 6.95. The topological polar surface area (TPSA) is 97.4 Å². The number of carbonyl (C=O) groups is 2. The zero-order valence-electron chi connectivity index (χ0n) is 12.2. The van der Waals surface area contributed by atoms with Crippen molar-refractivity contribution >= 4 is 24.2 Å². The van der Waals surface area contributed by atoms with E-state index in [0.717, 1.165) is 12.8 Å². The number of nitrogens with two attached hydrogens (primary N) is 1. The van der Waals surface area contributed by atoms with Crippen LogP contribution in [0.25, 0.3) is 0 Å². The number of rotatable bonds is 6. The fourth-order valence-electron chi connectivity index (χ4n) is 2.17. The van der Waals surface area contributed by atoms with E-state index in [2.05, 4.69) is 10.6 Å². The highest BCUT2D eigenvalue weighted by atomic mass is 35.5. The lowest BCUT2D eigenvalue weighted by Gasteiger charge is -2.31. The van der Waals surface area contributed by atoms with Crippen LogP contribution in [0, 0.1) is 5.92 Å². The van der Waals surface area contributed by atoms with Crippen LogP contribution in [0.4, 0.5) is 0 Å². The molecule has 0 spiro atoms. The normalized spacial score (nSPS) is 18.0. The fraction of sp³-hybridized carbons (Fsp3) is 0.571. The van der Waals surface area contributed by atoms with Gasteiger partial charge < -0.3 is 20.8 Å². The van der Waals surface area contributed by atoms with Crippen LogP contribution in [0.15, 0.2) is 23.0 Å². The Bertz CT molecular complexity index is 488. The van der Waals surface area contributed by atoms with E-state index in [1.165, 1.54) is 12.5 Å². The van der Waals surface area contributed by atoms with Gasteiger partial charge in [0.1, 0.15) is 12.3 Å². The maximum atomic E-state index is 12.2. The molecule has 118 valence electrons. The smallest absolute Gasteiger partial charge is 0.255 e. The van der Waals surface area contributed by atoms with Crippen LogP contribution in [-0.2, 0) is 4.79 Å². The molecule has 2 rings (SSSR count). The average Bonchev–Trinajstić information content (AvgIpc) is 3.14. The minimum absolute atomic E-state index is 0. The minimum atomic E-state index is -0.623. The quantitative estimate of drug-likeness (QED) is 0.731. The Kier molecular flexibility index (Phi) is 5.80. The summed E-state index contributed by atoms with van der Waals surface area (Å²) in [5.74, 6) is -0.114. The maximum Gasteiger partial charge on any atom is 0.255 e. The molecule has 0 bridgehead atoms. The highest BCUT2D eigenvalue weighted by molar-refractivity contribution is 5.97. The van der Waals surface area contributed by atoms with Crippen molar-refractivity contribution in [1.29, 1.82) is 0 Å². The first-order valence-corrected chi connectivity index (χ1v) is 6.81. The molecule has 7 heteroatoms. The van der Waals surface area contributed by atoms with Crippen LogP contribution in [0.3, 0.4) is 0 Å². The second-order valence-corrected chi connectivity index (χ2v) is 5.59. The molecule has 1 aromatic rings. The van der Waals surface area contributed by atoms with Gasteiger partial charge in [-0.2, -0.15) is 0 Å². The highest BCUT2D eigenvalue weighted by Crippen LogP contribution is 2.38. The molecule has 1 aromatic heterocycles. The van der Waals surface area contributed by atoms with E-state index in [1.807, 2.05) is 6.92 Å². The Morgan fingerprint density at radius 3 is 2.67 bits per heavy atom. The molecule has 1 aliphatic carbocycles. The monoisotopic (exact) mass is 315 g/mol. The second-order valence-electron chi connectivity index (χ2n) is 5.59. The Morgan fingerprint density at radius 2 is 2.19 bits per heavy atom. The van der Waals surface area contributed by atoms with Crippen molar-refractivity contribution in [3.63, 3.8) is 0 Å². The van der Waals surface area contributed by atoms with Gasteiger partial charge in [-0.25, -0.2) is 0 Å². The van der Waals surface area contributed by atoms with Gasteiger partial charge in [0.2, 0.25) is 5.91 Å². The molecule has 2 unspecified atom stereocenters. The largest absolute Gasteiger partial charge is 0.472 e. The molecule has 1 aliphatic rings. The zero-order chi connectivity index (χ0) is 14.8. The van der Waals surface area contributed by atoms with E-state index >= 15 is 0 Å². The Labute approximate surface area is 130 Å². The van der Waals surface area contributed by atoms with Crippen molar-refractivity contribution in [3.05, 3.63) is 24.2 Å². The van der Waals surface area contributed by atoms with Crippen LogP contribution in [-0.4, -0.2) is 29.9 Å². The third kappa shape index (κ3) is 4.22. The predicted octanol–water partition coefficient (Wildman–Crippen LogP) is 1.06. The van der Waals surface area contributed by atoms with E-state index in [4.69, 9.17) is 10.2 Å². The highest BCUT2D eigenvalue weighted by Gasteiger charge is 2.42. The van der Waals surface area contributed by atoms with Crippen LogP contribution in [0.5, 0.6) is 0 Å². The molecule has 1 saturated carbocycles. The Morgan fingerprint density at radius 1 is 1.52 bits per heavy atom. The zero-order valence-corrected chi connectivity index (χ0v) is 13.0. The summed E-state index contributed by atoms with van der Waals surface area (Å²) >= 11 is 0. The van der Waals surface area contributed by atoms with Gasteiger partial charge in [-0.15, -0.1) is 12.4 Å². The van der Waals surface area contributed by atoms with E-state index in [9.17, 15) is 9.59 Å². The van der Waals surface area contributed by atoms with Gasteiger partial charge in [-0.1, -0.05) is 0 Å². The lowest BCUT2D eigenvalue weighted by Crippen LogP contribution is -2.57. The molecule has 4 N–H and O–H groups in total. The molecular weight excluding hydrogens is 294 g/mol. The summed E-state index contributed by atoms with van der Waals surface area (Å²) in [5.41, 5.74) is 5.77. The van der Waals surface area contributed by atoms with Gasteiger partial charge in [-0.3, -0.25) is 9.59 Å². The van der Waals surface area contributed by atoms with Gasteiger partial charge in [0.25, 0.3) is 5.91 Å². The average molecular weight is 316 g/mol. The first-order valence-electron chi connectivity index (χ1n) is 6.81. The van der Waals surface area contributed by atoms with E-state index < -0.39 is 6.04 Å². The van der Waals surface area contributed by atoms with Crippen molar-refractivity contribution in [1.82, 2.24) is 10.6 Å². The maximum absolute atomic E-state index is 12.2. The molecule has 1 heterocycles. The van der Waals surface area contributed by atoms with E-state index in [0.29, 0.717) is 18.0 Å². The number of hydrogen-bond acceptors (Lipinski definition) is 4. The third-order valence-corrected chi connectivity index (χ3v) is 3.84. The van der Waals surface area contributed by atoms with Crippen molar-refractivity contribution in [2.45, 2.75) is 38.3 Å². The fourth-order valence-corrected chi connectivity index (χ4v) is 2.17. The van der Waals surface area contributed by atoms with Gasteiger partial charge in [0, 0.05) is 6.54 Å². The van der Waals surface area contributed by atoms with Crippen LogP contribution < -0.4 is 16.4 Å². The summed E-state index contributed by atoms with van der Waals surface area (Å²) in [6.07, 6.45) is 4.93. The van der Waals surface area contributed by atoms with Crippen LogP contribution in [0.1, 0.15) is 37.0 Å². The number of furan rings is 1. The van der Waals surface area contributed by atoms with E-state index in [-0.39, 0.29) is 29.8 Å². The van der Waals surface area contributed by atoms with Crippen molar-refractivity contribution in [2.75, 3.05) is 6.54 Å². The van der Waals surface area contributed by atoms with E-state index in [1.54, 1.807) is 13.0 Å². The first-order chi connectivity index (χ1) is 9.46. The summed E-state index contributed by atoms with van der Waals surface area (Å²) in [7, 11) is 0. The summed E-state index contributed by atoms with van der Waals surface area (Å²) in [6, 6.07) is 0.927. The Balaban J connectivity index is 0.00000220. The lowest BCUT2D eigenvalue weighted by molar-refractivity contribution is -0.124. The molecule has 21 heavy (non-hydrogen) atoms. The van der Waals surface area contributed by atoms with Crippen LogP contribution >= 0.6 is 12.4 Å². The SMILES string of the molecule is CC(NC(=O)c1ccoc1)C(=O)NC(C)(CN)C1CC1.Cl. The summed E-state index contributed by atoms with van der Waals surface area (Å²) in [6.45, 7) is 4.00. The predicted molar refractivity (Wildman–Crippen MR) is 81.2 cm³/mol. The van der Waals surface area contributed by atoms with Crippen molar-refractivity contribution in [2.24, 2.45) is 11.7 Å². The van der Waals surface area contributed by atoms with Crippen LogP contribution in [0.2, 0.25) is 0 Å². The standard InChI is InChI=1S/C14H21N3O3.ClH/c1-9(16-13(19)10-5-6-20-7-10)12(18)17-14(2,8-15)11-3-4-11;/h5-7,9,11H,3-4,8,15H2,1-2H3,(H,16,19)(H,17,18);1H. The minimum Gasteiger partial charge on any atom is -0.472 e. The van der Waals surface area contributed by atoms with Crippen molar-refractivity contribution < 1.29 is 14.0 Å². The molecular formula is C14H22ClN3O3. The van der Waals surface area contributed by atoms with Gasteiger partial charge in [0.15, 0.2) is 0 Å². The molecule has 6 nitrogen and oxygen atoms in total. The van der Waals surface area contributed by atoms with Gasteiger partial charge >= 0.3 is 0 Å². The summed E-state index contributed by atoms with van der Waals surface area (Å²) in [5, 5.41) is 5.59. The van der Waals surface area contributed by atoms with Crippen molar-refractivity contribution in [3.8, 4) is 0 Å². The molecule has 2 amide bonds.